The zero-order chi connectivity index (χ0) is 14.8. The van der Waals surface area contributed by atoms with Crippen LogP contribution in [-0.2, 0) is 14.3 Å². The summed E-state index contributed by atoms with van der Waals surface area (Å²) < 4.78 is 9.97. The highest BCUT2D eigenvalue weighted by Gasteiger charge is 2.29. The summed E-state index contributed by atoms with van der Waals surface area (Å²) in [5.74, 6) is -0.679. The molecule has 1 amide bonds. The fourth-order valence-electron chi connectivity index (χ4n) is 1.92. The van der Waals surface area contributed by atoms with E-state index in [1.807, 2.05) is 12.1 Å². The summed E-state index contributed by atoms with van der Waals surface area (Å²) in [6, 6.07) is 6.68. The van der Waals surface area contributed by atoms with Crippen LogP contribution in [0.5, 0.6) is 0 Å². The molecular weight excluding hydrogens is 276 g/mol. The summed E-state index contributed by atoms with van der Waals surface area (Å²) in [6.45, 7) is 0. The molecular formula is C13H12N4O4. The van der Waals surface area contributed by atoms with Gasteiger partial charge in [0.05, 0.1) is 13.5 Å². The van der Waals surface area contributed by atoms with Gasteiger partial charge in [-0.3, -0.25) is 20.2 Å². The Balaban J connectivity index is 1.74. The molecule has 8 heteroatoms. The summed E-state index contributed by atoms with van der Waals surface area (Å²) in [4.78, 5) is 31.1. The van der Waals surface area contributed by atoms with Crippen LogP contribution in [0.15, 0.2) is 33.7 Å². The van der Waals surface area contributed by atoms with Crippen LogP contribution in [0.4, 0.5) is 6.01 Å². The Hall–Kier alpha value is -2.90. The van der Waals surface area contributed by atoms with Crippen molar-refractivity contribution in [1.82, 2.24) is 10.3 Å². The maximum absolute atomic E-state index is 11.7. The molecule has 1 atom stereocenters. The molecule has 0 saturated carbocycles. The Morgan fingerprint density at radius 3 is 3.05 bits per heavy atom. The second-order valence-electron chi connectivity index (χ2n) is 4.37. The monoisotopic (exact) mass is 288 g/mol. The number of amides is 1. The number of esters is 1. The molecule has 1 aliphatic heterocycles. The minimum atomic E-state index is -0.802. The van der Waals surface area contributed by atoms with Crippen LogP contribution >= 0.6 is 0 Å². The Kier molecular flexibility index (Phi) is 3.27. The number of ether oxygens (including phenoxy) is 1. The molecule has 21 heavy (non-hydrogen) atoms. The van der Waals surface area contributed by atoms with E-state index in [1.54, 1.807) is 12.1 Å². The lowest BCUT2D eigenvalue weighted by Gasteiger charge is -2.01. The van der Waals surface area contributed by atoms with Gasteiger partial charge in [-0.1, -0.05) is 12.1 Å². The first-order valence-corrected chi connectivity index (χ1v) is 6.24. The van der Waals surface area contributed by atoms with Gasteiger partial charge in [-0.2, -0.15) is 4.98 Å². The highest BCUT2D eigenvalue weighted by Crippen LogP contribution is 2.18. The molecule has 0 spiro atoms. The van der Waals surface area contributed by atoms with E-state index < -0.39 is 12.0 Å². The smallest absolute Gasteiger partial charge is 0.308 e. The fourth-order valence-corrected chi connectivity index (χ4v) is 1.92. The molecule has 0 radical (unpaired) electrons. The summed E-state index contributed by atoms with van der Waals surface area (Å²) in [7, 11) is 1.26. The molecule has 3 rings (SSSR count). The Bertz CT molecular complexity index is 704. The van der Waals surface area contributed by atoms with Crippen LogP contribution in [0, 0.1) is 0 Å². The van der Waals surface area contributed by atoms with Crippen LogP contribution < -0.4 is 10.6 Å². The average molecular weight is 288 g/mol. The van der Waals surface area contributed by atoms with Gasteiger partial charge in [-0.25, -0.2) is 4.99 Å². The lowest BCUT2D eigenvalue weighted by molar-refractivity contribution is -0.142. The summed E-state index contributed by atoms with van der Waals surface area (Å²) in [6.07, 6.45) is -0.110. The number of fused-ring (bicyclic) bond motifs is 1. The number of aromatic nitrogens is 1. The van der Waals surface area contributed by atoms with Gasteiger partial charge in [-0.15, -0.1) is 0 Å². The number of aliphatic imine (C=N–C) groups is 1. The normalized spacial score (nSPS) is 17.5. The van der Waals surface area contributed by atoms with Gasteiger partial charge >= 0.3 is 12.0 Å². The first-order chi connectivity index (χ1) is 10.2. The van der Waals surface area contributed by atoms with Crippen LogP contribution in [0.3, 0.4) is 0 Å². The molecule has 2 aromatic rings. The molecule has 1 aromatic carbocycles. The maximum atomic E-state index is 11.7. The number of methoxy groups -OCH3 is 1. The van der Waals surface area contributed by atoms with Crippen LogP contribution in [0.2, 0.25) is 0 Å². The predicted molar refractivity (Wildman–Crippen MR) is 73.6 cm³/mol. The molecule has 1 aromatic heterocycles. The minimum absolute atomic E-state index is 0.110. The average Bonchev–Trinajstić information content (AvgIpc) is 3.02. The highest BCUT2D eigenvalue weighted by atomic mass is 16.5. The Morgan fingerprint density at radius 2 is 2.29 bits per heavy atom. The number of nitrogens with zero attached hydrogens (tertiary/aromatic N) is 2. The predicted octanol–water partition coefficient (Wildman–Crippen LogP) is 0.657. The first kappa shape index (κ1) is 13.1. The molecule has 0 bridgehead atoms. The first-order valence-electron chi connectivity index (χ1n) is 6.24. The van der Waals surface area contributed by atoms with E-state index in [0.29, 0.717) is 11.1 Å². The molecule has 1 unspecified atom stereocenters. The Labute approximate surface area is 119 Å². The number of para-hydroxylation sites is 2. The number of hydrogen-bond donors (Lipinski definition) is 2. The lowest BCUT2D eigenvalue weighted by Crippen LogP contribution is -2.33. The zero-order valence-electron chi connectivity index (χ0n) is 11.1. The maximum Gasteiger partial charge on any atom is 0.308 e. The molecule has 0 aliphatic carbocycles. The van der Waals surface area contributed by atoms with Gasteiger partial charge in [0.25, 0.3) is 5.91 Å². The van der Waals surface area contributed by atoms with E-state index in [9.17, 15) is 9.59 Å². The lowest BCUT2D eigenvalue weighted by atomic mass is 10.2. The second-order valence-corrected chi connectivity index (χ2v) is 4.37. The van der Waals surface area contributed by atoms with Crippen molar-refractivity contribution >= 4 is 35.0 Å². The molecule has 0 saturated heterocycles. The number of oxazole rings is 1. The number of anilines is 1. The molecule has 2 heterocycles. The van der Waals surface area contributed by atoms with Gasteiger partial charge in [-0.05, 0) is 12.1 Å². The van der Waals surface area contributed by atoms with E-state index in [1.165, 1.54) is 7.11 Å². The number of rotatable bonds is 3. The number of hydrogen-bond acceptors (Lipinski definition) is 7. The van der Waals surface area contributed by atoms with Crippen molar-refractivity contribution < 1.29 is 18.7 Å². The van der Waals surface area contributed by atoms with Crippen LogP contribution in [-0.4, -0.2) is 36.0 Å². The van der Waals surface area contributed by atoms with Crippen molar-refractivity contribution in [2.24, 2.45) is 4.99 Å². The molecule has 0 fully saturated rings. The summed E-state index contributed by atoms with van der Waals surface area (Å²) in [5.41, 5.74) is 1.31. The topological polar surface area (TPSA) is 106 Å². The largest absolute Gasteiger partial charge is 0.469 e. The van der Waals surface area contributed by atoms with Crippen LogP contribution in [0.25, 0.3) is 11.1 Å². The fraction of sp³-hybridized carbons (Fsp3) is 0.231. The van der Waals surface area contributed by atoms with E-state index >= 15 is 0 Å². The van der Waals surface area contributed by atoms with Crippen molar-refractivity contribution in [3.05, 3.63) is 24.3 Å². The molecule has 2 N–H and O–H groups in total. The third kappa shape index (κ3) is 2.69. The number of carbonyl (C=O) groups is 2. The van der Waals surface area contributed by atoms with E-state index in [4.69, 9.17) is 4.42 Å². The van der Waals surface area contributed by atoms with Gasteiger partial charge < -0.3 is 9.15 Å². The molecule has 1 aliphatic rings. The van der Waals surface area contributed by atoms with Crippen molar-refractivity contribution in [3.63, 3.8) is 0 Å². The molecule has 8 nitrogen and oxygen atoms in total. The van der Waals surface area contributed by atoms with Crippen LogP contribution in [0.1, 0.15) is 6.42 Å². The number of carbonyl (C=O) groups excluding carboxylic acids is 2. The minimum Gasteiger partial charge on any atom is -0.469 e. The number of benzene rings is 1. The van der Waals surface area contributed by atoms with Gasteiger partial charge in [0, 0.05) is 0 Å². The van der Waals surface area contributed by atoms with Gasteiger partial charge in [0.2, 0.25) is 5.96 Å². The summed E-state index contributed by atoms with van der Waals surface area (Å²) in [5, 5.41) is 5.29. The number of nitrogens with one attached hydrogen (secondary N) is 2. The zero-order valence-corrected chi connectivity index (χ0v) is 11.1. The third-order valence-corrected chi connectivity index (χ3v) is 2.94. The van der Waals surface area contributed by atoms with Crippen molar-refractivity contribution in [2.75, 3.05) is 12.4 Å². The quantitative estimate of drug-likeness (QED) is 0.803. The number of guanidine groups is 1. The third-order valence-electron chi connectivity index (χ3n) is 2.94. The Morgan fingerprint density at radius 1 is 1.48 bits per heavy atom. The van der Waals surface area contributed by atoms with Crippen molar-refractivity contribution in [1.29, 1.82) is 0 Å². The van der Waals surface area contributed by atoms with E-state index in [-0.39, 0.29) is 24.3 Å². The van der Waals surface area contributed by atoms with Crippen molar-refractivity contribution in [3.8, 4) is 0 Å². The van der Waals surface area contributed by atoms with Gasteiger partial charge in [0.1, 0.15) is 11.6 Å². The second kappa shape index (κ2) is 5.23. The summed E-state index contributed by atoms with van der Waals surface area (Å²) >= 11 is 0. The SMILES string of the molecule is COC(=O)CC1N=C(Nc2nc3ccccc3o2)NC1=O. The van der Waals surface area contributed by atoms with E-state index in [2.05, 4.69) is 25.3 Å². The van der Waals surface area contributed by atoms with Gasteiger partial charge in [0.15, 0.2) is 5.58 Å². The van der Waals surface area contributed by atoms with Crippen molar-refractivity contribution in [2.45, 2.75) is 12.5 Å². The molecule has 108 valence electrons. The highest BCUT2D eigenvalue weighted by molar-refractivity contribution is 6.10. The van der Waals surface area contributed by atoms with E-state index in [0.717, 1.165) is 0 Å². The standard InChI is InChI=1S/C13H12N4O4/c1-20-10(18)6-8-11(19)16-12(14-8)17-13-15-7-4-2-3-5-9(7)21-13/h2-5,8H,6H2,1H3,(H2,14,15,16,17,19).